The number of hydrogen-bond donors (Lipinski definition) is 1. The van der Waals surface area contributed by atoms with E-state index in [-0.39, 0.29) is 23.9 Å². The summed E-state index contributed by atoms with van der Waals surface area (Å²) >= 11 is 1.32. The first-order valence-electron chi connectivity index (χ1n) is 8.57. The van der Waals surface area contributed by atoms with Crippen LogP contribution in [-0.4, -0.2) is 28.2 Å². The molecule has 5 nitrogen and oxygen atoms in total. The van der Waals surface area contributed by atoms with E-state index in [9.17, 15) is 22.8 Å². The van der Waals surface area contributed by atoms with E-state index < -0.39 is 17.6 Å². The molecule has 0 unspecified atom stereocenters. The highest BCUT2D eigenvalue weighted by molar-refractivity contribution is 7.15. The summed E-state index contributed by atoms with van der Waals surface area (Å²) in [6.45, 7) is 0.656. The minimum atomic E-state index is -4.49. The van der Waals surface area contributed by atoms with Crippen molar-refractivity contribution in [2.24, 2.45) is 5.92 Å². The number of thiazole rings is 1. The van der Waals surface area contributed by atoms with Gasteiger partial charge in [-0.1, -0.05) is 17.4 Å². The highest BCUT2D eigenvalue weighted by Gasteiger charge is 2.33. The number of halogens is 3. The molecule has 2 aromatic rings. The fourth-order valence-corrected chi connectivity index (χ4v) is 4.01. The van der Waals surface area contributed by atoms with E-state index in [1.807, 2.05) is 0 Å². The van der Waals surface area contributed by atoms with Crippen molar-refractivity contribution in [1.29, 1.82) is 0 Å². The lowest BCUT2D eigenvalue weighted by Gasteiger charge is -2.26. The van der Waals surface area contributed by atoms with Crippen molar-refractivity contribution in [1.82, 2.24) is 9.88 Å². The number of aromatic nitrogens is 1. The summed E-state index contributed by atoms with van der Waals surface area (Å²) in [5.41, 5.74) is 0.00755. The smallest absolute Gasteiger partial charge is 0.333 e. The summed E-state index contributed by atoms with van der Waals surface area (Å²) in [6, 6.07) is 4.46. The van der Waals surface area contributed by atoms with Crippen LogP contribution in [0.4, 0.5) is 18.3 Å². The van der Waals surface area contributed by atoms with Gasteiger partial charge in [-0.15, -0.1) is 0 Å². The molecule has 9 heteroatoms. The third-order valence-corrected chi connectivity index (χ3v) is 5.63. The molecule has 1 aliphatic heterocycles. The van der Waals surface area contributed by atoms with Crippen molar-refractivity contribution in [2.45, 2.75) is 32.0 Å². The van der Waals surface area contributed by atoms with Crippen LogP contribution in [0.3, 0.4) is 0 Å². The molecule has 2 aliphatic rings. The van der Waals surface area contributed by atoms with Gasteiger partial charge < -0.3 is 10.2 Å². The van der Waals surface area contributed by atoms with Gasteiger partial charge in [0.1, 0.15) is 0 Å². The molecule has 27 heavy (non-hydrogen) atoms. The summed E-state index contributed by atoms with van der Waals surface area (Å²) in [5, 5.41) is 3.32. The lowest BCUT2D eigenvalue weighted by Crippen LogP contribution is -2.35. The maximum absolute atomic E-state index is 12.9. The minimum Gasteiger partial charge on any atom is -0.333 e. The van der Waals surface area contributed by atoms with Crippen LogP contribution in [0.1, 0.15) is 39.3 Å². The van der Waals surface area contributed by atoms with Gasteiger partial charge in [0.15, 0.2) is 5.13 Å². The average molecular weight is 395 g/mol. The second-order valence-corrected chi connectivity index (χ2v) is 7.79. The Hall–Kier alpha value is -2.42. The van der Waals surface area contributed by atoms with Crippen LogP contribution in [0.15, 0.2) is 24.3 Å². The zero-order chi connectivity index (χ0) is 19.2. The number of nitrogens with one attached hydrogen (secondary N) is 1. The van der Waals surface area contributed by atoms with Gasteiger partial charge in [0.2, 0.25) is 5.91 Å². The average Bonchev–Trinajstić information content (AvgIpc) is 3.41. The van der Waals surface area contributed by atoms with Crippen LogP contribution in [0.5, 0.6) is 0 Å². The fourth-order valence-electron chi connectivity index (χ4n) is 2.99. The molecule has 142 valence electrons. The first-order valence-corrected chi connectivity index (χ1v) is 9.39. The second kappa shape index (κ2) is 6.63. The predicted octanol–water partition coefficient (Wildman–Crippen LogP) is 3.71. The molecule has 0 atom stereocenters. The van der Waals surface area contributed by atoms with E-state index in [4.69, 9.17) is 0 Å². The number of benzene rings is 1. The highest BCUT2D eigenvalue weighted by Crippen LogP contribution is 2.34. The number of carbonyl (C=O) groups excluding carboxylic acids is 2. The van der Waals surface area contributed by atoms with Crippen LogP contribution in [0.2, 0.25) is 0 Å². The maximum Gasteiger partial charge on any atom is 0.416 e. The molecule has 1 aliphatic carbocycles. The molecular weight excluding hydrogens is 379 g/mol. The monoisotopic (exact) mass is 395 g/mol. The SMILES string of the molecule is O=C(Nc1nc2c(s1)CN(C(=O)c1cccc(C(F)(F)F)c1)CC2)C1CC1. The molecular formula is C18H16F3N3O2S. The zero-order valence-electron chi connectivity index (χ0n) is 14.2. The fraction of sp³-hybridized carbons (Fsp3) is 0.389. The van der Waals surface area contributed by atoms with Gasteiger partial charge in [-0.3, -0.25) is 9.59 Å². The molecule has 1 aromatic carbocycles. The molecule has 0 radical (unpaired) electrons. The van der Waals surface area contributed by atoms with Crippen molar-refractivity contribution < 1.29 is 22.8 Å². The molecule has 0 spiro atoms. The topological polar surface area (TPSA) is 62.3 Å². The largest absolute Gasteiger partial charge is 0.416 e. The Labute approximate surface area is 157 Å². The Morgan fingerprint density at radius 1 is 1.26 bits per heavy atom. The first-order chi connectivity index (χ1) is 12.8. The molecule has 1 fully saturated rings. The molecule has 2 amide bonds. The van der Waals surface area contributed by atoms with Crippen LogP contribution in [0, 0.1) is 5.92 Å². The maximum atomic E-state index is 12.9. The highest BCUT2D eigenvalue weighted by atomic mass is 32.1. The number of alkyl halides is 3. The Kier molecular flexibility index (Phi) is 4.41. The number of fused-ring (bicyclic) bond motifs is 1. The summed E-state index contributed by atoms with van der Waals surface area (Å²) in [5.74, 6) is -0.397. The van der Waals surface area contributed by atoms with Gasteiger partial charge >= 0.3 is 6.18 Å². The van der Waals surface area contributed by atoms with Crippen LogP contribution >= 0.6 is 11.3 Å². The van der Waals surface area contributed by atoms with Gasteiger partial charge in [-0.2, -0.15) is 13.2 Å². The number of rotatable bonds is 3. The molecule has 0 bridgehead atoms. The standard InChI is InChI=1S/C18H16F3N3O2S/c19-18(20,21)12-3-1-2-11(8-12)16(26)24-7-6-13-14(9-24)27-17(22-13)23-15(25)10-4-5-10/h1-3,8,10H,4-7,9H2,(H,22,23,25). The van der Waals surface area contributed by atoms with E-state index >= 15 is 0 Å². The van der Waals surface area contributed by atoms with Gasteiger partial charge in [0, 0.05) is 29.3 Å². The molecule has 4 rings (SSSR count). The summed E-state index contributed by atoms with van der Waals surface area (Å²) < 4.78 is 38.6. The van der Waals surface area contributed by atoms with Crippen molar-refractivity contribution >= 4 is 28.3 Å². The molecule has 1 saturated carbocycles. The normalized spacial score (nSPS) is 16.8. The van der Waals surface area contributed by atoms with Crippen molar-refractivity contribution in [2.75, 3.05) is 11.9 Å². The quantitative estimate of drug-likeness (QED) is 0.862. The number of carbonyl (C=O) groups is 2. The van der Waals surface area contributed by atoms with Gasteiger partial charge in [0.25, 0.3) is 5.91 Å². The van der Waals surface area contributed by atoms with Crippen LogP contribution < -0.4 is 5.32 Å². The van der Waals surface area contributed by atoms with E-state index in [1.165, 1.54) is 28.4 Å². The Bertz CT molecular complexity index is 905. The molecule has 0 saturated heterocycles. The Morgan fingerprint density at radius 2 is 2.04 bits per heavy atom. The van der Waals surface area contributed by atoms with Crippen molar-refractivity contribution in [3.63, 3.8) is 0 Å². The Balaban J connectivity index is 1.48. The van der Waals surface area contributed by atoms with E-state index in [2.05, 4.69) is 10.3 Å². The van der Waals surface area contributed by atoms with E-state index in [0.717, 1.165) is 35.5 Å². The first kappa shape index (κ1) is 18.0. The molecule has 1 aromatic heterocycles. The lowest BCUT2D eigenvalue weighted by atomic mass is 10.1. The number of anilines is 1. The van der Waals surface area contributed by atoms with Gasteiger partial charge in [-0.05, 0) is 31.0 Å². The van der Waals surface area contributed by atoms with Crippen LogP contribution in [-0.2, 0) is 23.9 Å². The van der Waals surface area contributed by atoms with Gasteiger partial charge in [-0.25, -0.2) is 4.98 Å². The zero-order valence-corrected chi connectivity index (χ0v) is 15.0. The van der Waals surface area contributed by atoms with Crippen molar-refractivity contribution in [3.8, 4) is 0 Å². The minimum absolute atomic E-state index is 0.0139. The number of amides is 2. The predicted molar refractivity (Wildman–Crippen MR) is 93.4 cm³/mol. The third kappa shape index (κ3) is 3.83. The summed E-state index contributed by atoms with van der Waals surface area (Å²) in [4.78, 5) is 31.3. The number of nitrogens with zero attached hydrogens (tertiary/aromatic N) is 2. The lowest BCUT2D eigenvalue weighted by molar-refractivity contribution is -0.137. The van der Waals surface area contributed by atoms with Crippen molar-refractivity contribution in [3.05, 3.63) is 46.0 Å². The van der Waals surface area contributed by atoms with E-state index in [0.29, 0.717) is 18.1 Å². The Morgan fingerprint density at radius 3 is 2.74 bits per heavy atom. The summed E-state index contributed by atoms with van der Waals surface area (Å²) in [6.07, 6.45) is -2.18. The van der Waals surface area contributed by atoms with E-state index in [1.54, 1.807) is 0 Å². The molecule has 2 heterocycles. The van der Waals surface area contributed by atoms with Gasteiger partial charge in [0.05, 0.1) is 17.8 Å². The van der Waals surface area contributed by atoms with Crippen LogP contribution in [0.25, 0.3) is 0 Å². The number of hydrogen-bond acceptors (Lipinski definition) is 4. The summed E-state index contributed by atoms with van der Waals surface area (Å²) in [7, 11) is 0. The third-order valence-electron chi connectivity index (χ3n) is 4.63. The molecule has 1 N–H and O–H groups in total. The second-order valence-electron chi connectivity index (χ2n) is 6.71.